The number of carbonyl (C=O) groups is 1. The Hall–Kier alpha value is -2.59. The number of rotatable bonds is 3. The number of nitrogens with zero attached hydrogens (tertiary/aromatic N) is 1. The zero-order valence-electron chi connectivity index (χ0n) is 11.8. The zero-order chi connectivity index (χ0) is 15.7. The third kappa shape index (κ3) is 2.73. The van der Waals surface area contributed by atoms with Crippen molar-refractivity contribution in [1.82, 2.24) is 4.98 Å². The van der Waals surface area contributed by atoms with E-state index in [0.29, 0.717) is 5.02 Å². The fraction of sp³-hybridized carbons (Fsp3) is 0.0588. The molecule has 1 aromatic heterocycles. The van der Waals surface area contributed by atoms with E-state index in [0.717, 1.165) is 28.0 Å². The summed E-state index contributed by atoms with van der Waals surface area (Å²) in [5.41, 5.74) is 3.54. The van der Waals surface area contributed by atoms with Crippen molar-refractivity contribution < 1.29 is 9.90 Å². The quantitative estimate of drug-likeness (QED) is 0.739. The second-order valence-electron chi connectivity index (χ2n) is 4.95. The molecule has 2 aromatic carbocycles. The molecule has 0 bridgehead atoms. The number of fused-ring (bicyclic) bond motifs is 1. The van der Waals surface area contributed by atoms with Crippen molar-refractivity contribution in [3.05, 3.63) is 64.8 Å². The number of aromatic carboxylic acids is 1. The number of carboxylic acids is 1. The van der Waals surface area contributed by atoms with Crippen molar-refractivity contribution in [3.63, 3.8) is 0 Å². The maximum absolute atomic E-state index is 10.9. The van der Waals surface area contributed by atoms with Crippen molar-refractivity contribution in [2.45, 2.75) is 6.92 Å². The van der Waals surface area contributed by atoms with Crippen molar-refractivity contribution in [1.29, 1.82) is 0 Å². The first-order valence-electron chi connectivity index (χ1n) is 6.71. The van der Waals surface area contributed by atoms with Crippen LogP contribution in [0.2, 0.25) is 5.02 Å². The molecule has 0 spiro atoms. The van der Waals surface area contributed by atoms with Crippen molar-refractivity contribution in [2.75, 3.05) is 5.32 Å². The summed E-state index contributed by atoms with van der Waals surface area (Å²) >= 11 is 6.20. The van der Waals surface area contributed by atoms with Crippen LogP contribution in [-0.2, 0) is 0 Å². The molecule has 22 heavy (non-hydrogen) atoms. The number of aryl methyl sites for hydroxylation is 1. The summed E-state index contributed by atoms with van der Waals surface area (Å²) in [6.45, 7) is 1.90. The lowest BCUT2D eigenvalue weighted by atomic mass is 10.1. The van der Waals surface area contributed by atoms with E-state index in [1.165, 1.54) is 0 Å². The van der Waals surface area contributed by atoms with Crippen LogP contribution in [0.4, 0.5) is 11.4 Å². The monoisotopic (exact) mass is 312 g/mol. The molecule has 0 atom stereocenters. The number of aromatic nitrogens is 1. The summed E-state index contributed by atoms with van der Waals surface area (Å²) in [6, 6.07) is 14.2. The summed E-state index contributed by atoms with van der Waals surface area (Å²) in [5.74, 6) is -0.941. The van der Waals surface area contributed by atoms with Gasteiger partial charge in [-0.1, -0.05) is 23.7 Å². The van der Waals surface area contributed by atoms with Gasteiger partial charge in [-0.05, 0) is 43.3 Å². The van der Waals surface area contributed by atoms with Gasteiger partial charge in [0.25, 0.3) is 0 Å². The Kier molecular flexibility index (Phi) is 3.69. The fourth-order valence-electron chi connectivity index (χ4n) is 2.30. The van der Waals surface area contributed by atoms with Gasteiger partial charge in [0.1, 0.15) is 0 Å². The van der Waals surface area contributed by atoms with E-state index in [4.69, 9.17) is 16.7 Å². The van der Waals surface area contributed by atoms with Crippen LogP contribution in [-0.4, -0.2) is 16.1 Å². The molecule has 3 rings (SSSR count). The highest BCUT2D eigenvalue weighted by molar-refractivity contribution is 6.35. The minimum atomic E-state index is -0.941. The minimum absolute atomic E-state index is 0.254. The Bertz CT molecular complexity index is 860. The molecule has 3 aromatic rings. The van der Waals surface area contributed by atoms with Crippen LogP contribution in [0.25, 0.3) is 10.9 Å². The number of anilines is 2. The van der Waals surface area contributed by atoms with Gasteiger partial charge in [0.2, 0.25) is 0 Å². The van der Waals surface area contributed by atoms with Crippen molar-refractivity contribution in [3.8, 4) is 0 Å². The molecule has 0 aliphatic carbocycles. The molecule has 4 nitrogen and oxygen atoms in total. The normalized spacial score (nSPS) is 10.6. The van der Waals surface area contributed by atoms with Gasteiger partial charge in [0.05, 0.1) is 16.1 Å². The first kappa shape index (κ1) is 14.4. The maximum Gasteiger partial charge on any atom is 0.335 e. The Morgan fingerprint density at radius 2 is 1.91 bits per heavy atom. The SMILES string of the molecule is Cc1cc(Nc2ccc(C(=O)O)cc2)c2cccc(Cl)c2n1. The topological polar surface area (TPSA) is 62.2 Å². The average Bonchev–Trinajstić information content (AvgIpc) is 2.49. The van der Waals surface area contributed by atoms with Gasteiger partial charge >= 0.3 is 5.97 Å². The molecular formula is C17H13ClN2O2. The molecular weight excluding hydrogens is 300 g/mol. The predicted molar refractivity (Wildman–Crippen MR) is 88.2 cm³/mol. The fourth-order valence-corrected chi connectivity index (χ4v) is 2.51. The molecule has 110 valence electrons. The summed E-state index contributed by atoms with van der Waals surface area (Å²) in [4.78, 5) is 15.3. The van der Waals surface area contributed by atoms with E-state index in [9.17, 15) is 4.79 Å². The van der Waals surface area contributed by atoms with Crippen LogP contribution in [0, 0.1) is 6.92 Å². The molecule has 2 N–H and O–H groups in total. The van der Waals surface area contributed by atoms with E-state index in [2.05, 4.69) is 10.3 Å². The summed E-state index contributed by atoms with van der Waals surface area (Å²) in [6.07, 6.45) is 0. The number of hydrogen-bond donors (Lipinski definition) is 2. The first-order chi connectivity index (χ1) is 10.5. The molecule has 0 unspecified atom stereocenters. The van der Waals surface area contributed by atoms with E-state index >= 15 is 0 Å². The van der Waals surface area contributed by atoms with Crippen LogP contribution in [0.3, 0.4) is 0 Å². The highest BCUT2D eigenvalue weighted by atomic mass is 35.5. The van der Waals surface area contributed by atoms with Crippen LogP contribution < -0.4 is 5.32 Å². The van der Waals surface area contributed by atoms with Crippen LogP contribution >= 0.6 is 11.6 Å². The molecule has 0 aliphatic rings. The Labute approximate surface area is 132 Å². The number of carboxylic acid groups (broad SMARTS) is 1. The lowest BCUT2D eigenvalue weighted by Gasteiger charge is -2.11. The molecule has 0 amide bonds. The van der Waals surface area contributed by atoms with Crippen LogP contribution in [0.15, 0.2) is 48.5 Å². The van der Waals surface area contributed by atoms with Gasteiger partial charge < -0.3 is 10.4 Å². The number of halogens is 1. The first-order valence-corrected chi connectivity index (χ1v) is 7.08. The van der Waals surface area contributed by atoms with E-state index < -0.39 is 5.97 Å². The van der Waals surface area contributed by atoms with Crippen LogP contribution in [0.5, 0.6) is 0 Å². The number of nitrogens with one attached hydrogen (secondary N) is 1. The van der Waals surface area contributed by atoms with Gasteiger partial charge in [0, 0.05) is 22.5 Å². The molecule has 5 heteroatoms. The highest BCUT2D eigenvalue weighted by Crippen LogP contribution is 2.30. The van der Waals surface area contributed by atoms with E-state index in [-0.39, 0.29) is 5.56 Å². The molecule has 0 aliphatic heterocycles. The van der Waals surface area contributed by atoms with E-state index in [1.807, 2.05) is 31.2 Å². The number of benzene rings is 2. The van der Waals surface area contributed by atoms with Gasteiger partial charge in [-0.2, -0.15) is 0 Å². The van der Waals surface area contributed by atoms with Gasteiger partial charge in [-0.3, -0.25) is 4.98 Å². The summed E-state index contributed by atoms with van der Waals surface area (Å²) in [7, 11) is 0. The van der Waals surface area contributed by atoms with Gasteiger partial charge in [-0.25, -0.2) is 4.79 Å². The lowest BCUT2D eigenvalue weighted by molar-refractivity contribution is 0.0697. The Balaban J connectivity index is 2.03. The second kappa shape index (κ2) is 5.66. The number of para-hydroxylation sites is 1. The Morgan fingerprint density at radius 3 is 2.59 bits per heavy atom. The molecule has 1 heterocycles. The smallest absolute Gasteiger partial charge is 0.335 e. The Morgan fingerprint density at radius 1 is 1.18 bits per heavy atom. The summed E-state index contributed by atoms with van der Waals surface area (Å²) in [5, 5.41) is 13.7. The molecule has 0 saturated carbocycles. The number of pyridine rings is 1. The zero-order valence-corrected chi connectivity index (χ0v) is 12.6. The second-order valence-corrected chi connectivity index (χ2v) is 5.36. The molecule has 0 saturated heterocycles. The highest BCUT2D eigenvalue weighted by Gasteiger charge is 2.08. The minimum Gasteiger partial charge on any atom is -0.478 e. The largest absolute Gasteiger partial charge is 0.478 e. The lowest BCUT2D eigenvalue weighted by Crippen LogP contribution is -1.98. The predicted octanol–water partition coefficient (Wildman–Crippen LogP) is 4.64. The standard InChI is InChI=1S/C17H13ClN2O2/c1-10-9-15(13-3-2-4-14(18)16(13)19-10)20-12-7-5-11(6-8-12)17(21)22/h2-9H,1H3,(H,19,20)(H,21,22). The van der Waals surface area contributed by atoms with Crippen molar-refractivity contribution >= 4 is 39.8 Å². The van der Waals surface area contributed by atoms with Gasteiger partial charge in [0.15, 0.2) is 0 Å². The average molecular weight is 313 g/mol. The van der Waals surface area contributed by atoms with Crippen LogP contribution in [0.1, 0.15) is 16.1 Å². The number of hydrogen-bond acceptors (Lipinski definition) is 3. The molecule has 0 radical (unpaired) electrons. The third-order valence-electron chi connectivity index (χ3n) is 3.33. The third-order valence-corrected chi connectivity index (χ3v) is 3.63. The molecule has 0 fully saturated rings. The van der Waals surface area contributed by atoms with Crippen molar-refractivity contribution in [2.24, 2.45) is 0 Å². The van der Waals surface area contributed by atoms with Gasteiger partial charge in [-0.15, -0.1) is 0 Å². The van der Waals surface area contributed by atoms with E-state index in [1.54, 1.807) is 24.3 Å². The maximum atomic E-state index is 10.9. The summed E-state index contributed by atoms with van der Waals surface area (Å²) < 4.78 is 0.